The van der Waals surface area contributed by atoms with Crippen molar-refractivity contribution in [2.45, 2.75) is 33.7 Å². The van der Waals surface area contributed by atoms with Crippen LogP contribution in [0.2, 0.25) is 0 Å². The van der Waals surface area contributed by atoms with E-state index in [9.17, 15) is 4.79 Å². The van der Waals surface area contributed by atoms with Gasteiger partial charge < -0.3 is 4.90 Å². The van der Waals surface area contributed by atoms with Crippen molar-refractivity contribution in [2.24, 2.45) is 0 Å². The maximum atomic E-state index is 12.2. The summed E-state index contributed by atoms with van der Waals surface area (Å²) in [6, 6.07) is 16.4. The molecule has 0 atom stereocenters. The van der Waals surface area contributed by atoms with E-state index < -0.39 is 0 Å². The summed E-state index contributed by atoms with van der Waals surface area (Å²) < 4.78 is 0. The van der Waals surface area contributed by atoms with Gasteiger partial charge in [-0.3, -0.25) is 4.79 Å². The van der Waals surface area contributed by atoms with Crippen LogP contribution in [-0.2, 0) is 11.3 Å². The lowest BCUT2D eigenvalue weighted by atomic mass is 10.1. The van der Waals surface area contributed by atoms with E-state index in [1.54, 1.807) is 0 Å². The van der Waals surface area contributed by atoms with Crippen molar-refractivity contribution in [1.29, 1.82) is 0 Å². The largest absolute Gasteiger partial charge is 0.308 e. The molecule has 0 N–H and O–H groups in total. The standard InChI is InChI=1S/C18H21NO/c1-4-18(20)19(17-11-7-15(3)8-12-17)13-16-9-5-14(2)6-10-16/h5-12H,4,13H2,1-3H3. The molecule has 0 saturated carbocycles. The Morgan fingerprint density at radius 3 is 1.90 bits per heavy atom. The lowest BCUT2D eigenvalue weighted by molar-refractivity contribution is -0.118. The molecule has 2 aromatic rings. The van der Waals surface area contributed by atoms with Gasteiger partial charge in [-0.05, 0) is 31.5 Å². The van der Waals surface area contributed by atoms with Crippen LogP contribution in [0.4, 0.5) is 5.69 Å². The smallest absolute Gasteiger partial charge is 0.227 e. The van der Waals surface area contributed by atoms with Crippen molar-refractivity contribution in [3.05, 3.63) is 65.2 Å². The monoisotopic (exact) mass is 267 g/mol. The van der Waals surface area contributed by atoms with E-state index in [-0.39, 0.29) is 5.91 Å². The Balaban J connectivity index is 2.26. The summed E-state index contributed by atoms with van der Waals surface area (Å²) >= 11 is 0. The Kier molecular flexibility index (Phi) is 4.57. The lowest BCUT2D eigenvalue weighted by Crippen LogP contribution is -2.29. The highest BCUT2D eigenvalue weighted by molar-refractivity contribution is 5.93. The van der Waals surface area contributed by atoms with Crippen LogP contribution in [-0.4, -0.2) is 5.91 Å². The second-order valence-corrected chi connectivity index (χ2v) is 5.15. The van der Waals surface area contributed by atoms with Crippen LogP contribution >= 0.6 is 0 Å². The van der Waals surface area contributed by atoms with Crippen molar-refractivity contribution in [2.75, 3.05) is 4.90 Å². The summed E-state index contributed by atoms with van der Waals surface area (Å²) in [4.78, 5) is 14.0. The van der Waals surface area contributed by atoms with Crippen LogP contribution in [0.3, 0.4) is 0 Å². The van der Waals surface area contributed by atoms with Crippen LogP contribution in [0.25, 0.3) is 0 Å². The number of nitrogens with zero attached hydrogens (tertiary/aromatic N) is 1. The Bertz CT molecular complexity index is 569. The fourth-order valence-electron chi connectivity index (χ4n) is 2.12. The number of amides is 1. The van der Waals surface area contributed by atoms with E-state index in [1.165, 1.54) is 11.1 Å². The molecule has 0 aromatic heterocycles. The minimum Gasteiger partial charge on any atom is -0.308 e. The van der Waals surface area contributed by atoms with Gasteiger partial charge in [-0.1, -0.05) is 54.4 Å². The molecular weight excluding hydrogens is 246 g/mol. The molecule has 0 spiro atoms. The maximum absolute atomic E-state index is 12.2. The molecule has 2 aromatic carbocycles. The SMILES string of the molecule is CCC(=O)N(Cc1ccc(C)cc1)c1ccc(C)cc1. The molecule has 0 bridgehead atoms. The minimum absolute atomic E-state index is 0.148. The van der Waals surface area contributed by atoms with E-state index >= 15 is 0 Å². The highest BCUT2D eigenvalue weighted by Gasteiger charge is 2.14. The van der Waals surface area contributed by atoms with Crippen LogP contribution < -0.4 is 4.90 Å². The zero-order valence-corrected chi connectivity index (χ0v) is 12.4. The molecule has 20 heavy (non-hydrogen) atoms. The fraction of sp³-hybridized carbons (Fsp3) is 0.278. The second kappa shape index (κ2) is 6.38. The molecular formula is C18H21NO. The van der Waals surface area contributed by atoms with Gasteiger partial charge in [0.25, 0.3) is 0 Å². The molecule has 0 radical (unpaired) electrons. The molecule has 0 aliphatic carbocycles. The first-order chi connectivity index (χ1) is 9.60. The fourth-order valence-corrected chi connectivity index (χ4v) is 2.12. The Labute approximate surface area is 121 Å². The van der Waals surface area contributed by atoms with Crippen molar-refractivity contribution in [3.63, 3.8) is 0 Å². The Morgan fingerprint density at radius 1 is 0.900 bits per heavy atom. The van der Waals surface area contributed by atoms with E-state index in [1.807, 2.05) is 36.1 Å². The van der Waals surface area contributed by atoms with Crippen LogP contribution in [0.15, 0.2) is 48.5 Å². The van der Waals surface area contributed by atoms with Crippen molar-refractivity contribution in [1.82, 2.24) is 0 Å². The average Bonchev–Trinajstić information content (AvgIpc) is 2.47. The van der Waals surface area contributed by atoms with Gasteiger partial charge >= 0.3 is 0 Å². The summed E-state index contributed by atoms with van der Waals surface area (Å²) in [6.07, 6.45) is 0.514. The van der Waals surface area contributed by atoms with Crippen molar-refractivity contribution < 1.29 is 4.79 Å². The third-order valence-corrected chi connectivity index (χ3v) is 3.41. The molecule has 0 heterocycles. The first-order valence-electron chi connectivity index (χ1n) is 7.02. The number of anilines is 1. The number of carbonyl (C=O) groups excluding carboxylic acids is 1. The van der Waals surface area contributed by atoms with E-state index in [2.05, 4.69) is 38.1 Å². The maximum Gasteiger partial charge on any atom is 0.227 e. The molecule has 2 nitrogen and oxygen atoms in total. The summed E-state index contributed by atoms with van der Waals surface area (Å²) in [5.74, 6) is 0.148. The number of aryl methyl sites for hydroxylation is 2. The first kappa shape index (κ1) is 14.3. The van der Waals surface area contributed by atoms with Gasteiger partial charge in [-0.2, -0.15) is 0 Å². The number of benzene rings is 2. The zero-order valence-electron chi connectivity index (χ0n) is 12.4. The van der Waals surface area contributed by atoms with Crippen LogP contribution in [0.5, 0.6) is 0 Å². The summed E-state index contributed by atoms with van der Waals surface area (Å²) in [5.41, 5.74) is 4.55. The molecule has 0 unspecified atom stereocenters. The number of carbonyl (C=O) groups is 1. The highest BCUT2D eigenvalue weighted by atomic mass is 16.2. The van der Waals surface area contributed by atoms with E-state index in [4.69, 9.17) is 0 Å². The van der Waals surface area contributed by atoms with E-state index in [0.29, 0.717) is 13.0 Å². The number of hydrogen-bond donors (Lipinski definition) is 0. The minimum atomic E-state index is 0.148. The van der Waals surface area contributed by atoms with Gasteiger partial charge in [-0.15, -0.1) is 0 Å². The van der Waals surface area contributed by atoms with Gasteiger partial charge in [0.05, 0.1) is 6.54 Å². The third-order valence-electron chi connectivity index (χ3n) is 3.41. The molecule has 0 saturated heterocycles. The summed E-state index contributed by atoms with van der Waals surface area (Å²) in [6.45, 7) is 6.64. The molecule has 2 rings (SSSR count). The Hall–Kier alpha value is -2.09. The zero-order chi connectivity index (χ0) is 14.5. The van der Waals surface area contributed by atoms with Crippen molar-refractivity contribution >= 4 is 11.6 Å². The second-order valence-electron chi connectivity index (χ2n) is 5.15. The van der Waals surface area contributed by atoms with Crippen LogP contribution in [0, 0.1) is 13.8 Å². The predicted octanol–water partition coefficient (Wildman–Crippen LogP) is 4.25. The number of rotatable bonds is 4. The highest BCUT2D eigenvalue weighted by Crippen LogP contribution is 2.19. The number of hydrogen-bond acceptors (Lipinski definition) is 1. The van der Waals surface area contributed by atoms with Gasteiger partial charge in [0.15, 0.2) is 0 Å². The topological polar surface area (TPSA) is 20.3 Å². The molecule has 1 amide bonds. The summed E-state index contributed by atoms with van der Waals surface area (Å²) in [5, 5.41) is 0. The molecule has 2 heteroatoms. The lowest BCUT2D eigenvalue weighted by Gasteiger charge is -2.23. The van der Waals surface area contributed by atoms with E-state index in [0.717, 1.165) is 11.3 Å². The van der Waals surface area contributed by atoms with Gasteiger partial charge in [0, 0.05) is 12.1 Å². The molecule has 0 aliphatic heterocycles. The quantitative estimate of drug-likeness (QED) is 0.811. The Morgan fingerprint density at radius 2 is 1.40 bits per heavy atom. The van der Waals surface area contributed by atoms with Gasteiger partial charge in [0.1, 0.15) is 0 Å². The summed E-state index contributed by atoms with van der Waals surface area (Å²) in [7, 11) is 0. The third kappa shape index (κ3) is 3.47. The normalized spacial score (nSPS) is 10.3. The van der Waals surface area contributed by atoms with Gasteiger partial charge in [-0.25, -0.2) is 0 Å². The predicted molar refractivity (Wildman–Crippen MR) is 83.8 cm³/mol. The molecule has 0 fully saturated rings. The first-order valence-corrected chi connectivity index (χ1v) is 7.02. The van der Waals surface area contributed by atoms with Crippen LogP contribution in [0.1, 0.15) is 30.0 Å². The molecule has 0 aliphatic rings. The van der Waals surface area contributed by atoms with Gasteiger partial charge in [0.2, 0.25) is 5.91 Å². The average molecular weight is 267 g/mol. The van der Waals surface area contributed by atoms with Crippen molar-refractivity contribution in [3.8, 4) is 0 Å². The molecule has 104 valence electrons.